The first-order valence-electron chi connectivity index (χ1n) is 5.48. The van der Waals surface area contributed by atoms with Gasteiger partial charge in [0, 0.05) is 26.2 Å². The highest BCUT2D eigenvalue weighted by molar-refractivity contribution is 4.94. The molecular formula is C10H20N2O2. The Labute approximate surface area is 85.3 Å². The summed E-state index contributed by atoms with van der Waals surface area (Å²) in [7, 11) is 0. The second kappa shape index (κ2) is 4.57. The van der Waals surface area contributed by atoms with E-state index in [-0.39, 0.29) is 5.54 Å². The zero-order chi connectivity index (χ0) is 9.86. The van der Waals surface area contributed by atoms with Gasteiger partial charge in [-0.3, -0.25) is 4.90 Å². The van der Waals surface area contributed by atoms with Crippen molar-refractivity contribution >= 4 is 0 Å². The van der Waals surface area contributed by atoms with Crippen LogP contribution in [0.25, 0.3) is 0 Å². The molecule has 14 heavy (non-hydrogen) atoms. The van der Waals surface area contributed by atoms with Crippen molar-refractivity contribution in [3.63, 3.8) is 0 Å². The molecule has 2 rings (SSSR count). The summed E-state index contributed by atoms with van der Waals surface area (Å²) in [4.78, 5) is 2.45. The minimum atomic E-state index is 0.0992. The molecule has 0 aromatic carbocycles. The predicted molar refractivity (Wildman–Crippen MR) is 54.2 cm³/mol. The molecule has 0 bridgehead atoms. The van der Waals surface area contributed by atoms with E-state index in [9.17, 15) is 0 Å². The quantitative estimate of drug-likeness (QED) is 0.672. The van der Waals surface area contributed by atoms with Gasteiger partial charge in [-0.05, 0) is 12.8 Å². The molecule has 4 heteroatoms. The third-order valence-electron chi connectivity index (χ3n) is 3.36. The lowest BCUT2D eigenvalue weighted by atomic mass is 9.90. The maximum absolute atomic E-state index is 5.91. The molecule has 1 unspecified atom stereocenters. The van der Waals surface area contributed by atoms with E-state index in [1.165, 1.54) is 6.42 Å². The summed E-state index contributed by atoms with van der Waals surface area (Å²) in [6.45, 7) is 6.06. The Morgan fingerprint density at radius 1 is 1.14 bits per heavy atom. The van der Waals surface area contributed by atoms with Gasteiger partial charge in [-0.25, -0.2) is 0 Å². The smallest absolute Gasteiger partial charge is 0.0662 e. The zero-order valence-electron chi connectivity index (χ0n) is 8.71. The molecule has 82 valence electrons. The molecule has 0 radical (unpaired) electrons. The van der Waals surface area contributed by atoms with Gasteiger partial charge in [0.05, 0.1) is 25.4 Å². The average molecular weight is 200 g/mol. The number of rotatable bonds is 2. The van der Waals surface area contributed by atoms with Crippen molar-refractivity contribution in [3.05, 3.63) is 0 Å². The second-order valence-electron chi connectivity index (χ2n) is 4.18. The molecule has 0 aromatic rings. The summed E-state index contributed by atoms with van der Waals surface area (Å²) < 4.78 is 10.9. The van der Waals surface area contributed by atoms with E-state index in [0.29, 0.717) is 6.54 Å². The van der Waals surface area contributed by atoms with E-state index in [4.69, 9.17) is 15.2 Å². The summed E-state index contributed by atoms with van der Waals surface area (Å²) in [5.41, 5.74) is 6.01. The summed E-state index contributed by atoms with van der Waals surface area (Å²) in [6, 6.07) is 0. The van der Waals surface area contributed by atoms with Gasteiger partial charge < -0.3 is 15.2 Å². The second-order valence-corrected chi connectivity index (χ2v) is 4.18. The van der Waals surface area contributed by atoms with Crippen LogP contribution in [-0.4, -0.2) is 56.5 Å². The van der Waals surface area contributed by atoms with E-state index >= 15 is 0 Å². The van der Waals surface area contributed by atoms with Crippen molar-refractivity contribution in [1.29, 1.82) is 0 Å². The van der Waals surface area contributed by atoms with Crippen LogP contribution in [0.1, 0.15) is 12.8 Å². The van der Waals surface area contributed by atoms with Crippen molar-refractivity contribution in [2.45, 2.75) is 18.4 Å². The predicted octanol–water partition coefficient (Wildman–Crippen LogP) is -0.173. The Kier molecular flexibility index (Phi) is 3.38. The van der Waals surface area contributed by atoms with Crippen molar-refractivity contribution in [3.8, 4) is 0 Å². The van der Waals surface area contributed by atoms with Gasteiger partial charge in [-0.1, -0.05) is 0 Å². The lowest BCUT2D eigenvalue weighted by molar-refractivity contribution is -0.0817. The van der Waals surface area contributed by atoms with Crippen molar-refractivity contribution in [2.24, 2.45) is 5.73 Å². The SMILES string of the molecule is NCC1(N2CCOCC2)CCCOC1. The van der Waals surface area contributed by atoms with Crippen LogP contribution in [0.4, 0.5) is 0 Å². The third-order valence-corrected chi connectivity index (χ3v) is 3.36. The maximum Gasteiger partial charge on any atom is 0.0662 e. The molecule has 2 N–H and O–H groups in total. The zero-order valence-corrected chi connectivity index (χ0v) is 8.71. The van der Waals surface area contributed by atoms with Crippen LogP contribution < -0.4 is 5.73 Å². The highest BCUT2D eigenvalue weighted by Gasteiger charge is 2.38. The molecule has 0 aromatic heterocycles. The van der Waals surface area contributed by atoms with Crippen LogP contribution in [0, 0.1) is 0 Å². The first-order chi connectivity index (χ1) is 6.87. The van der Waals surface area contributed by atoms with E-state index < -0.39 is 0 Å². The largest absolute Gasteiger partial charge is 0.379 e. The molecule has 0 spiro atoms. The topological polar surface area (TPSA) is 47.7 Å². The van der Waals surface area contributed by atoms with Gasteiger partial charge >= 0.3 is 0 Å². The standard InChI is InChI=1S/C10H20N2O2/c11-8-10(2-1-5-14-9-10)12-3-6-13-7-4-12/h1-9,11H2. The number of nitrogens with two attached hydrogens (primary N) is 1. The number of nitrogens with zero attached hydrogens (tertiary/aromatic N) is 1. The van der Waals surface area contributed by atoms with Gasteiger partial charge in [0.1, 0.15) is 0 Å². The Hall–Kier alpha value is -0.160. The number of hydrogen-bond donors (Lipinski definition) is 1. The Morgan fingerprint density at radius 2 is 1.93 bits per heavy atom. The number of morpholine rings is 1. The molecule has 2 aliphatic heterocycles. The number of ether oxygens (including phenoxy) is 2. The minimum absolute atomic E-state index is 0.0992. The Balaban J connectivity index is 2.01. The summed E-state index contributed by atoms with van der Waals surface area (Å²) >= 11 is 0. The highest BCUT2D eigenvalue weighted by Crippen LogP contribution is 2.26. The van der Waals surface area contributed by atoms with Gasteiger partial charge in [-0.15, -0.1) is 0 Å². The van der Waals surface area contributed by atoms with Gasteiger partial charge in [0.15, 0.2) is 0 Å². The summed E-state index contributed by atoms with van der Waals surface area (Å²) in [5, 5.41) is 0. The van der Waals surface area contributed by atoms with Crippen molar-refractivity contribution in [2.75, 3.05) is 46.1 Å². The van der Waals surface area contributed by atoms with E-state index in [1.54, 1.807) is 0 Å². The molecule has 2 saturated heterocycles. The van der Waals surface area contributed by atoms with Gasteiger partial charge in [0.25, 0.3) is 0 Å². The molecule has 0 aliphatic carbocycles. The fourth-order valence-corrected chi connectivity index (χ4v) is 2.41. The first-order valence-corrected chi connectivity index (χ1v) is 5.48. The first kappa shape index (κ1) is 10.4. The van der Waals surface area contributed by atoms with Crippen LogP contribution in [0.15, 0.2) is 0 Å². The molecular weight excluding hydrogens is 180 g/mol. The van der Waals surface area contributed by atoms with Crippen molar-refractivity contribution < 1.29 is 9.47 Å². The Bertz CT molecular complexity index is 175. The van der Waals surface area contributed by atoms with Crippen molar-refractivity contribution in [1.82, 2.24) is 4.90 Å². The molecule has 4 nitrogen and oxygen atoms in total. The number of hydrogen-bond acceptors (Lipinski definition) is 4. The Morgan fingerprint density at radius 3 is 2.50 bits per heavy atom. The van der Waals surface area contributed by atoms with Crippen LogP contribution >= 0.6 is 0 Å². The lowest BCUT2D eigenvalue weighted by Gasteiger charge is -2.46. The molecule has 2 fully saturated rings. The summed E-state index contributed by atoms with van der Waals surface area (Å²) in [6.07, 6.45) is 2.30. The van der Waals surface area contributed by atoms with Crippen LogP contribution in [0.3, 0.4) is 0 Å². The molecule has 1 atom stereocenters. The maximum atomic E-state index is 5.91. The molecule has 0 saturated carbocycles. The van der Waals surface area contributed by atoms with Crippen LogP contribution in [0.5, 0.6) is 0 Å². The van der Waals surface area contributed by atoms with E-state index in [1.807, 2.05) is 0 Å². The third kappa shape index (κ3) is 1.93. The minimum Gasteiger partial charge on any atom is -0.379 e. The molecule has 2 aliphatic rings. The molecule has 2 heterocycles. The van der Waals surface area contributed by atoms with Gasteiger partial charge in [0.2, 0.25) is 0 Å². The van der Waals surface area contributed by atoms with E-state index in [0.717, 1.165) is 45.9 Å². The van der Waals surface area contributed by atoms with E-state index in [2.05, 4.69) is 4.90 Å². The fraction of sp³-hybridized carbons (Fsp3) is 1.00. The summed E-state index contributed by atoms with van der Waals surface area (Å²) in [5.74, 6) is 0. The normalized spacial score (nSPS) is 35.8. The highest BCUT2D eigenvalue weighted by atomic mass is 16.5. The fourth-order valence-electron chi connectivity index (χ4n) is 2.41. The monoisotopic (exact) mass is 200 g/mol. The van der Waals surface area contributed by atoms with Crippen LogP contribution in [0.2, 0.25) is 0 Å². The van der Waals surface area contributed by atoms with Crippen LogP contribution in [-0.2, 0) is 9.47 Å². The molecule has 0 amide bonds. The van der Waals surface area contributed by atoms with Gasteiger partial charge in [-0.2, -0.15) is 0 Å². The average Bonchev–Trinajstić information content (AvgIpc) is 2.31. The lowest BCUT2D eigenvalue weighted by Crippen LogP contribution is -2.61.